The van der Waals surface area contributed by atoms with E-state index in [0.717, 1.165) is 5.56 Å². The van der Waals surface area contributed by atoms with Gasteiger partial charge < -0.3 is 15.4 Å². The summed E-state index contributed by atoms with van der Waals surface area (Å²) in [5.41, 5.74) is 2.33. The summed E-state index contributed by atoms with van der Waals surface area (Å²) < 4.78 is 4.82. The zero-order valence-corrected chi connectivity index (χ0v) is 11.8. The molecule has 0 saturated carbocycles. The van der Waals surface area contributed by atoms with Crippen LogP contribution in [0.3, 0.4) is 0 Å². The average molecular weight is 273 g/mol. The molecular weight excluding hydrogens is 254 g/mol. The summed E-state index contributed by atoms with van der Waals surface area (Å²) in [4.78, 5) is 11.6. The SMILES string of the molecule is COCCNC(=O)/C(C#N)=C\NCc1ccc(C)cc1. The molecule has 0 aromatic heterocycles. The molecule has 20 heavy (non-hydrogen) atoms. The Morgan fingerprint density at radius 3 is 2.70 bits per heavy atom. The van der Waals surface area contributed by atoms with Crippen LogP contribution < -0.4 is 10.6 Å². The second-order valence-electron chi connectivity index (χ2n) is 4.29. The largest absolute Gasteiger partial charge is 0.386 e. The Labute approximate surface area is 119 Å². The fraction of sp³-hybridized carbons (Fsp3) is 0.333. The molecule has 106 valence electrons. The first kappa shape index (κ1) is 15.7. The maximum atomic E-state index is 11.6. The highest BCUT2D eigenvalue weighted by atomic mass is 16.5. The van der Waals surface area contributed by atoms with Crippen molar-refractivity contribution in [1.29, 1.82) is 5.26 Å². The van der Waals surface area contributed by atoms with Crippen molar-refractivity contribution in [2.24, 2.45) is 0 Å². The highest BCUT2D eigenvalue weighted by Gasteiger charge is 2.07. The number of aryl methyl sites for hydroxylation is 1. The van der Waals surface area contributed by atoms with Crippen LogP contribution in [0.2, 0.25) is 0 Å². The Bertz CT molecular complexity index is 501. The molecule has 5 nitrogen and oxygen atoms in total. The molecule has 1 aromatic rings. The van der Waals surface area contributed by atoms with Gasteiger partial charge in [0.2, 0.25) is 0 Å². The topological polar surface area (TPSA) is 74.1 Å². The molecule has 0 unspecified atom stereocenters. The van der Waals surface area contributed by atoms with Crippen LogP contribution in [0.1, 0.15) is 11.1 Å². The normalized spacial score (nSPS) is 10.8. The number of nitrogens with zero attached hydrogens (tertiary/aromatic N) is 1. The van der Waals surface area contributed by atoms with Crippen LogP contribution in [-0.4, -0.2) is 26.2 Å². The van der Waals surface area contributed by atoms with Gasteiger partial charge in [-0.3, -0.25) is 4.79 Å². The highest BCUT2D eigenvalue weighted by molar-refractivity contribution is 5.97. The first-order valence-corrected chi connectivity index (χ1v) is 6.33. The van der Waals surface area contributed by atoms with E-state index in [9.17, 15) is 4.79 Å². The van der Waals surface area contributed by atoms with Crippen molar-refractivity contribution in [3.8, 4) is 6.07 Å². The van der Waals surface area contributed by atoms with Gasteiger partial charge in [0.15, 0.2) is 0 Å². The third kappa shape index (κ3) is 5.55. The summed E-state index contributed by atoms with van der Waals surface area (Å²) in [5.74, 6) is -0.402. The van der Waals surface area contributed by atoms with E-state index in [2.05, 4.69) is 10.6 Å². The predicted molar refractivity (Wildman–Crippen MR) is 76.6 cm³/mol. The van der Waals surface area contributed by atoms with Gasteiger partial charge in [-0.2, -0.15) is 5.26 Å². The fourth-order valence-corrected chi connectivity index (χ4v) is 1.49. The summed E-state index contributed by atoms with van der Waals surface area (Å²) in [7, 11) is 1.55. The number of methoxy groups -OCH3 is 1. The van der Waals surface area contributed by atoms with Crippen LogP contribution in [0.4, 0.5) is 0 Å². The highest BCUT2D eigenvalue weighted by Crippen LogP contribution is 2.02. The van der Waals surface area contributed by atoms with Gasteiger partial charge in [0.05, 0.1) is 6.61 Å². The lowest BCUT2D eigenvalue weighted by Gasteiger charge is -2.05. The Morgan fingerprint density at radius 2 is 2.10 bits per heavy atom. The first-order valence-electron chi connectivity index (χ1n) is 6.33. The van der Waals surface area contributed by atoms with Gasteiger partial charge in [0.1, 0.15) is 11.6 Å². The van der Waals surface area contributed by atoms with Crippen molar-refractivity contribution in [3.63, 3.8) is 0 Å². The smallest absolute Gasteiger partial charge is 0.263 e. The summed E-state index contributed by atoms with van der Waals surface area (Å²) in [5, 5.41) is 14.5. The van der Waals surface area contributed by atoms with Crippen molar-refractivity contribution < 1.29 is 9.53 Å². The molecule has 0 aliphatic heterocycles. The van der Waals surface area contributed by atoms with E-state index < -0.39 is 5.91 Å². The molecule has 2 N–H and O–H groups in total. The molecular formula is C15H19N3O2. The molecule has 1 amide bonds. The van der Waals surface area contributed by atoms with E-state index in [1.165, 1.54) is 11.8 Å². The third-order valence-corrected chi connectivity index (χ3v) is 2.63. The molecule has 0 aliphatic carbocycles. The van der Waals surface area contributed by atoms with Crippen LogP contribution in [0.15, 0.2) is 36.0 Å². The average Bonchev–Trinajstić information content (AvgIpc) is 2.45. The number of ether oxygens (including phenoxy) is 1. The number of rotatable bonds is 7. The van der Waals surface area contributed by atoms with Crippen molar-refractivity contribution in [2.45, 2.75) is 13.5 Å². The summed E-state index contributed by atoms with van der Waals surface area (Å²) >= 11 is 0. The number of carbonyl (C=O) groups is 1. The van der Waals surface area contributed by atoms with E-state index in [1.54, 1.807) is 7.11 Å². The van der Waals surface area contributed by atoms with Gasteiger partial charge in [-0.1, -0.05) is 29.8 Å². The molecule has 0 bridgehead atoms. The lowest BCUT2D eigenvalue weighted by Crippen LogP contribution is -2.28. The minimum Gasteiger partial charge on any atom is -0.386 e. The zero-order chi connectivity index (χ0) is 14.8. The quantitative estimate of drug-likeness (QED) is 0.445. The molecule has 0 radical (unpaired) electrons. The molecule has 0 heterocycles. The minimum atomic E-state index is -0.402. The molecule has 0 spiro atoms. The summed E-state index contributed by atoms with van der Waals surface area (Å²) in [6.07, 6.45) is 1.43. The first-order chi connectivity index (χ1) is 9.67. The van der Waals surface area contributed by atoms with Crippen molar-refractivity contribution >= 4 is 5.91 Å². The predicted octanol–water partition coefficient (Wildman–Crippen LogP) is 1.25. The second kappa shape index (κ2) is 8.73. The van der Waals surface area contributed by atoms with E-state index in [1.807, 2.05) is 37.3 Å². The Hall–Kier alpha value is -2.32. The fourth-order valence-electron chi connectivity index (χ4n) is 1.49. The van der Waals surface area contributed by atoms with Gasteiger partial charge in [-0.15, -0.1) is 0 Å². The van der Waals surface area contributed by atoms with Crippen LogP contribution in [0, 0.1) is 18.3 Å². The van der Waals surface area contributed by atoms with Gasteiger partial charge in [0.25, 0.3) is 5.91 Å². The molecule has 1 rings (SSSR count). The number of hydrogen-bond acceptors (Lipinski definition) is 4. The summed E-state index contributed by atoms with van der Waals surface area (Å²) in [6.45, 7) is 3.39. The molecule has 0 atom stereocenters. The van der Waals surface area contributed by atoms with Crippen LogP contribution in [0.5, 0.6) is 0 Å². The van der Waals surface area contributed by atoms with Crippen molar-refractivity contribution in [1.82, 2.24) is 10.6 Å². The van der Waals surface area contributed by atoms with Crippen molar-refractivity contribution in [3.05, 3.63) is 47.2 Å². The van der Waals surface area contributed by atoms with Crippen LogP contribution in [0.25, 0.3) is 0 Å². The number of carbonyl (C=O) groups excluding carboxylic acids is 1. The van der Waals surface area contributed by atoms with E-state index in [4.69, 9.17) is 10.00 Å². The van der Waals surface area contributed by atoms with Crippen LogP contribution >= 0.6 is 0 Å². The van der Waals surface area contributed by atoms with Crippen LogP contribution in [-0.2, 0) is 16.1 Å². The number of benzene rings is 1. The van der Waals surface area contributed by atoms with Crippen molar-refractivity contribution in [2.75, 3.05) is 20.3 Å². The van der Waals surface area contributed by atoms with E-state index >= 15 is 0 Å². The Morgan fingerprint density at radius 1 is 1.40 bits per heavy atom. The van der Waals surface area contributed by atoms with E-state index in [-0.39, 0.29) is 5.57 Å². The lowest BCUT2D eigenvalue weighted by molar-refractivity contribution is -0.117. The number of amides is 1. The Kier molecular flexibility index (Phi) is 6.87. The monoisotopic (exact) mass is 273 g/mol. The maximum absolute atomic E-state index is 11.6. The van der Waals surface area contributed by atoms with Gasteiger partial charge in [-0.25, -0.2) is 0 Å². The third-order valence-electron chi connectivity index (χ3n) is 2.63. The number of hydrogen-bond donors (Lipinski definition) is 2. The zero-order valence-electron chi connectivity index (χ0n) is 11.8. The number of nitrogens with one attached hydrogen (secondary N) is 2. The maximum Gasteiger partial charge on any atom is 0.263 e. The second-order valence-corrected chi connectivity index (χ2v) is 4.29. The molecule has 0 fully saturated rings. The minimum absolute atomic E-state index is 0.0493. The standard InChI is InChI=1S/C15H19N3O2/c1-12-3-5-13(6-4-12)10-17-11-14(9-16)15(19)18-7-8-20-2/h3-6,11,17H,7-8,10H2,1-2H3,(H,18,19)/b14-11-. The summed E-state index contributed by atoms with van der Waals surface area (Å²) in [6, 6.07) is 9.91. The molecule has 0 aliphatic rings. The van der Waals surface area contributed by atoms with Gasteiger partial charge in [0, 0.05) is 26.4 Å². The van der Waals surface area contributed by atoms with Gasteiger partial charge in [-0.05, 0) is 12.5 Å². The van der Waals surface area contributed by atoms with Gasteiger partial charge >= 0.3 is 0 Å². The lowest BCUT2D eigenvalue weighted by atomic mass is 10.1. The molecule has 0 saturated heterocycles. The molecule has 5 heteroatoms. The Balaban J connectivity index is 2.47. The molecule has 1 aromatic carbocycles. The number of nitriles is 1. The van der Waals surface area contributed by atoms with E-state index in [0.29, 0.717) is 19.7 Å².